The van der Waals surface area contributed by atoms with Crippen molar-refractivity contribution in [3.05, 3.63) is 46.9 Å². The summed E-state index contributed by atoms with van der Waals surface area (Å²) >= 11 is 6.32. The standard InChI is InChI=1S/C19H21ClN4O3/c1-12-3-2-5-24(12)19(25)21-10-15-7-13-8-16(20)18(9-17(13)22-15)26-11-14-4-6-27-23-14/h4,6-9,12,22H,2-3,5,10-11H2,1H3,(H,21,25). The van der Waals surface area contributed by atoms with Gasteiger partial charge in [0.1, 0.15) is 24.3 Å². The van der Waals surface area contributed by atoms with E-state index in [1.807, 2.05) is 23.1 Å². The van der Waals surface area contributed by atoms with Crippen LogP contribution in [0.4, 0.5) is 4.79 Å². The summed E-state index contributed by atoms with van der Waals surface area (Å²) in [6, 6.07) is 7.70. The molecule has 7 nitrogen and oxygen atoms in total. The number of H-pyrrole nitrogens is 1. The van der Waals surface area contributed by atoms with E-state index >= 15 is 0 Å². The molecule has 0 radical (unpaired) electrons. The van der Waals surface area contributed by atoms with Gasteiger partial charge in [0.05, 0.1) is 11.6 Å². The van der Waals surface area contributed by atoms with Gasteiger partial charge in [-0.15, -0.1) is 0 Å². The van der Waals surface area contributed by atoms with Crippen LogP contribution < -0.4 is 10.1 Å². The van der Waals surface area contributed by atoms with Gasteiger partial charge >= 0.3 is 6.03 Å². The second kappa shape index (κ2) is 7.52. The van der Waals surface area contributed by atoms with E-state index in [0.717, 1.165) is 36.0 Å². The van der Waals surface area contributed by atoms with Crippen molar-refractivity contribution in [3.63, 3.8) is 0 Å². The Hall–Kier alpha value is -2.67. The van der Waals surface area contributed by atoms with Crippen LogP contribution in [0.5, 0.6) is 5.75 Å². The van der Waals surface area contributed by atoms with Crippen molar-refractivity contribution in [2.24, 2.45) is 0 Å². The number of aromatic nitrogens is 2. The second-order valence-corrected chi connectivity index (χ2v) is 7.19. The Morgan fingerprint density at radius 1 is 1.48 bits per heavy atom. The number of nitrogens with one attached hydrogen (secondary N) is 2. The fraction of sp³-hybridized carbons (Fsp3) is 0.368. The lowest BCUT2D eigenvalue weighted by molar-refractivity contribution is 0.195. The van der Waals surface area contributed by atoms with Gasteiger partial charge < -0.3 is 24.5 Å². The number of benzene rings is 1. The van der Waals surface area contributed by atoms with Gasteiger partial charge in [-0.1, -0.05) is 16.8 Å². The molecule has 1 aliphatic heterocycles. The predicted molar refractivity (Wildman–Crippen MR) is 102 cm³/mol. The zero-order valence-electron chi connectivity index (χ0n) is 15.0. The summed E-state index contributed by atoms with van der Waals surface area (Å²) in [5.41, 5.74) is 2.50. The molecule has 1 aliphatic rings. The van der Waals surface area contributed by atoms with Crippen molar-refractivity contribution >= 4 is 28.5 Å². The van der Waals surface area contributed by atoms with Crippen LogP contribution in [0.25, 0.3) is 10.9 Å². The van der Waals surface area contributed by atoms with Crippen molar-refractivity contribution in [1.29, 1.82) is 0 Å². The van der Waals surface area contributed by atoms with Crippen LogP contribution >= 0.6 is 11.6 Å². The summed E-state index contributed by atoms with van der Waals surface area (Å²) in [5, 5.41) is 8.27. The summed E-state index contributed by atoms with van der Waals surface area (Å²) in [6.45, 7) is 3.61. The van der Waals surface area contributed by atoms with Gasteiger partial charge in [-0.05, 0) is 31.9 Å². The molecular formula is C19H21ClN4O3. The van der Waals surface area contributed by atoms with Crippen LogP contribution in [0.15, 0.2) is 35.1 Å². The fourth-order valence-corrected chi connectivity index (χ4v) is 3.60. The molecule has 2 aromatic heterocycles. The van der Waals surface area contributed by atoms with Crippen LogP contribution in [-0.2, 0) is 13.2 Å². The SMILES string of the molecule is CC1CCCN1C(=O)NCc1cc2cc(Cl)c(OCc3ccon3)cc2[nH]1. The molecule has 0 spiro atoms. The monoisotopic (exact) mass is 388 g/mol. The number of likely N-dealkylation sites (tertiary alicyclic amines) is 1. The van der Waals surface area contributed by atoms with Crippen LogP contribution in [-0.4, -0.2) is 33.7 Å². The molecular weight excluding hydrogens is 368 g/mol. The lowest BCUT2D eigenvalue weighted by Crippen LogP contribution is -2.41. The number of amides is 2. The third-order valence-electron chi connectivity index (χ3n) is 4.84. The number of aromatic amines is 1. The van der Waals surface area contributed by atoms with Crippen molar-refractivity contribution in [3.8, 4) is 5.75 Å². The molecule has 1 saturated heterocycles. The molecule has 2 N–H and O–H groups in total. The van der Waals surface area contributed by atoms with Crippen molar-refractivity contribution in [2.45, 2.75) is 39.0 Å². The molecule has 1 unspecified atom stereocenters. The molecule has 0 bridgehead atoms. The quantitative estimate of drug-likeness (QED) is 0.689. The third-order valence-corrected chi connectivity index (χ3v) is 5.14. The van der Waals surface area contributed by atoms with Crippen molar-refractivity contribution in [1.82, 2.24) is 20.4 Å². The normalized spacial score (nSPS) is 16.8. The average molecular weight is 389 g/mol. The Morgan fingerprint density at radius 3 is 3.11 bits per heavy atom. The summed E-state index contributed by atoms with van der Waals surface area (Å²) in [7, 11) is 0. The number of hydrogen-bond donors (Lipinski definition) is 2. The first-order valence-electron chi connectivity index (χ1n) is 8.98. The first-order valence-corrected chi connectivity index (χ1v) is 9.35. The Bertz CT molecular complexity index is 938. The van der Waals surface area contributed by atoms with Crippen LogP contribution in [0.3, 0.4) is 0 Å². The largest absolute Gasteiger partial charge is 0.486 e. The number of ether oxygens (including phenoxy) is 1. The number of hydrogen-bond acceptors (Lipinski definition) is 4. The first-order chi connectivity index (χ1) is 13.1. The minimum Gasteiger partial charge on any atom is -0.486 e. The van der Waals surface area contributed by atoms with Gasteiger partial charge in [0.25, 0.3) is 0 Å². The molecule has 3 heterocycles. The fourth-order valence-electron chi connectivity index (χ4n) is 3.37. The molecule has 3 aromatic rings. The molecule has 1 aromatic carbocycles. The molecule has 27 heavy (non-hydrogen) atoms. The molecule has 142 valence electrons. The highest BCUT2D eigenvalue weighted by molar-refractivity contribution is 6.32. The summed E-state index contributed by atoms with van der Waals surface area (Å²) < 4.78 is 10.5. The highest BCUT2D eigenvalue weighted by atomic mass is 35.5. The summed E-state index contributed by atoms with van der Waals surface area (Å²) in [4.78, 5) is 17.5. The second-order valence-electron chi connectivity index (χ2n) is 6.79. The molecule has 8 heteroatoms. The van der Waals surface area contributed by atoms with Gasteiger partial charge in [0, 0.05) is 41.3 Å². The minimum absolute atomic E-state index is 0.0201. The van der Waals surface area contributed by atoms with Crippen LogP contribution in [0.2, 0.25) is 5.02 Å². The maximum atomic E-state index is 12.3. The van der Waals surface area contributed by atoms with E-state index in [0.29, 0.717) is 29.1 Å². The number of rotatable bonds is 5. The lowest BCUT2D eigenvalue weighted by atomic mass is 10.2. The number of carbonyl (C=O) groups excluding carboxylic acids is 1. The Balaban J connectivity index is 1.43. The number of halogens is 1. The minimum atomic E-state index is -0.0201. The van der Waals surface area contributed by atoms with E-state index in [-0.39, 0.29) is 12.6 Å². The molecule has 4 rings (SSSR count). The van der Waals surface area contributed by atoms with Gasteiger partial charge in [0.15, 0.2) is 0 Å². The van der Waals surface area contributed by atoms with Crippen LogP contribution in [0.1, 0.15) is 31.2 Å². The summed E-state index contributed by atoms with van der Waals surface area (Å²) in [5.74, 6) is 0.565. The topological polar surface area (TPSA) is 83.4 Å². The zero-order valence-corrected chi connectivity index (χ0v) is 15.8. The number of carbonyl (C=O) groups is 1. The van der Waals surface area contributed by atoms with E-state index in [4.69, 9.17) is 20.9 Å². The Kier molecular flexibility index (Phi) is 4.94. The van der Waals surface area contributed by atoms with Gasteiger partial charge in [0.2, 0.25) is 0 Å². The Labute approximate surface area is 161 Å². The molecule has 1 fully saturated rings. The number of fused-ring (bicyclic) bond motifs is 1. The third kappa shape index (κ3) is 3.88. The van der Waals surface area contributed by atoms with Gasteiger partial charge in [-0.3, -0.25) is 0 Å². The van der Waals surface area contributed by atoms with E-state index in [2.05, 4.69) is 22.4 Å². The smallest absolute Gasteiger partial charge is 0.317 e. The number of nitrogens with zero attached hydrogens (tertiary/aromatic N) is 2. The molecule has 1 atom stereocenters. The van der Waals surface area contributed by atoms with Crippen LogP contribution in [0, 0.1) is 0 Å². The van der Waals surface area contributed by atoms with E-state index in [9.17, 15) is 4.79 Å². The van der Waals surface area contributed by atoms with Gasteiger partial charge in [-0.25, -0.2) is 4.79 Å². The first kappa shape index (κ1) is 17.7. The zero-order chi connectivity index (χ0) is 18.8. The molecule has 0 aliphatic carbocycles. The molecule has 2 amide bonds. The van der Waals surface area contributed by atoms with Crippen molar-refractivity contribution < 1.29 is 14.1 Å². The maximum Gasteiger partial charge on any atom is 0.317 e. The van der Waals surface area contributed by atoms with Crippen molar-refractivity contribution in [2.75, 3.05) is 6.54 Å². The Morgan fingerprint density at radius 2 is 2.37 bits per heavy atom. The van der Waals surface area contributed by atoms with E-state index in [1.165, 1.54) is 6.26 Å². The van der Waals surface area contributed by atoms with E-state index < -0.39 is 0 Å². The maximum absolute atomic E-state index is 12.3. The molecule has 0 saturated carbocycles. The predicted octanol–water partition coefficient (Wildman–Crippen LogP) is 4.08. The lowest BCUT2D eigenvalue weighted by Gasteiger charge is -2.21. The number of urea groups is 1. The highest BCUT2D eigenvalue weighted by Crippen LogP contribution is 2.31. The average Bonchev–Trinajstić information content (AvgIpc) is 3.38. The van der Waals surface area contributed by atoms with Gasteiger partial charge in [-0.2, -0.15) is 0 Å². The highest BCUT2D eigenvalue weighted by Gasteiger charge is 2.24. The summed E-state index contributed by atoms with van der Waals surface area (Å²) in [6.07, 6.45) is 3.63. The van der Waals surface area contributed by atoms with E-state index in [1.54, 1.807) is 6.07 Å².